The fourth-order valence-corrected chi connectivity index (χ4v) is 2.61. The van der Waals surface area contributed by atoms with Crippen LogP contribution in [-0.4, -0.2) is 15.0 Å². The minimum absolute atomic E-state index is 0.294. The standard InChI is InChI=1S/C13H11ClN4S/c1-7-8(2)16-13(17-9(7)3)19-12-5-10(6-15)4-11(14)18-12/h4-5H,1-3H3. The van der Waals surface area contributed by atoms with E-state index in [1.807, 2.05) is 26.8 Å². The zero-order valence-corrected chi connectivity index (χ0v) is 12.3. The molecule has 0 unspecified atom stereocenters. The first-order valence-electron chi connectivity index (χ1n) is 5.57. The van der Waals surface area contributed by atoms with Crippen LogP contribution in [0.1, 0.15) is 22.5 Å². The van der Waals surface area contributed by atoms with Crippen molar-refractivity contribution in [2.24, 2.45) is 0 Å². The molecule has 96 valence electrons. The van der Waals surface area contributed by atoms with E-state index in [4.69, 9.17) is 16.9 Å². The Bertz CT molecular complexity index is 656. The van der Waals surface area contributed by atoms with Gasteiger partial charge in [0.25, 0.3) is 0 Å². The van der Waals surface area contributed by atoms with Crippen molar-refractivity contribution in [3.05, 3.63) is 39.8 Å². The Morgan fingerprint density at radius 1 is 1.11 bits per heavy atom. The second kappa shape index (κ2) is 5.55. The number of hydrogen-bond donors (Lipinski definition) is 0. The van der Waals surface area contributed by atoms with Crippen LogP contribution >= 0.6 is 23.4 Å². The van der Waals surface area contributed by atoms with Crippen LogP contribution in [-0.2, 0) is 0 Å². The van der Waals surface area contributed by atoms with E-state index in [-0.39, 0.29) is 0 Å². The molecule has 4 nitrogen and oxygen atoms in total. The first-order valence-corrected chi connectivity index (χ1v) is 6.76. The maximum absolute atomic E-state index is 8.90. The minimum Gasteiger partial charge on any atom is -0.229 e. The van der Waals surface area contributed by atoms with Gasteiger partial charge in [-0.2, -0.15) is 5.26 Å². The summed E-state index contributed by atoms with van der Waals surface area (Å²) in [5, 5.41) is 10.4. The molecule has 6 heteroatoms. The van der Waals surface area contributed by atoms with E-state index in [2.05, 4.69) is 15.0 Å². The summed E-state index contributed by atoms with van der Waals surface area (Å²) in [7, 11) is 0. The minimum atomic E-state index is 0.294. The van der Waals surface area contributed by atoms with Crippen LogP contribution in [0.15, 0.2) is 22.3 Å². The lowest BCUT2D eigenvalue weighted by atomic mass is 10.2. The molecule has 0 radical (unpaired) electrons. The monoisotopic (exact) mass is 290 g/mol. The van der Waals surface area contributed by atoms with Gasteiger partial charge in [0.05, 0.1) is 11.6 Å². The van der Waals surface area contributed by atoms with Gasteiger partial charge in [0, 0.05) is 11.4 Å². The van der Waals surface area contributed by atoms with Crippen LogP contribution in [0.5, 0.6) is 0 Å². The van der Waals surface area contributed by atoms with Gasteiger partial charge in [0.15, 0.2) is 5.16 Å². The van der Waals surface area contributed by atoms with Gasteiger partial charge in [-0.25, -0.2) is 15.0 Å². The number of aryl methyl sites for hydroxylation is 2. The molecule has 0 atom stereocenters. The third-order valence-electron chi connectivity index (χ3n) is 2.71. The molecule has 2 heterocycles. The summed E-state index contributed by atoms with van der Waals surface area (Å²) in [6.45, 7) is 5.88. The molecular weight excluding hydrogens is 280 g/mol. The van der Waals surface area contributed by atoms with Gasteiger partial charge < -0.3 is 0 Å². The number of halogens is 1. The van der Waals surface area contributed by atoms with Crippen molar-refractivity contribution in [1.82, 2.24) is 15.0 Å². The van der Waals surface area contributed by atoms with Gasteiger partial charge in [-0.3, -0.25) is 0 Å². The molecule has 0 spiro atoms. The Balaban J connectivity index is 2.36. The Morgan fingerprint density at radius 2 is 1.74 bits per heavy atom. The van der Waals surface area contributed by atoms with Crippen molar-refractivity contribution in [2.45, 2.75) is 31.0 Å². The Morgan fingerprint density at radius 3 is 2.32 bits per heavy atom. The summed E-state index contributed by atoms with van der Waals surface area (Å²) in [6, 6.07) is 5.24. The highest BCUT2D eigenvalue weighted by Gasteiger charge is 2.08. The summed E-state index contributed by atoms with van der Waals surface area (Å²) in [4.78, 5) is 13.0. The Kier molecular flexibility index (Phi) is 4.03. The Labute approximate surface area is 120 Å². The number of nitrogens with zero attached hydrogens (tertiary/aromatic N) is 4. The number of hydrogen-bond acceptors (Lipinski definition) is 5. The zero-order valence-electron chi connectivity index (χ0n) is 10.7. The van der Waals surface area contributed by atoms with Crippen LogP contribution in [0, 0.1) is 32.1 Å². The van der Waals surface area contributed by atoms with Crippen molar-refractivity contribution < 1.29 is 0 Å². The van der Waals surface area contributed by atoms with E-state index < -0.39 is 0 Å². The van der Waals surface area contributed by atoms with Gasteiger partial charge in [-0.1, -0.05) is 11.6 Å². The third kappa shape index (κ3) is 3.22. The summed E-state index contributed by atoms with van der Waals surface area (Å²) >= 11 is 7.17. The summed E-state index contributed by atoms with van der Waals surface area (Å²) in [5.41, 5.74) is 3.44. The van der Waals surface area contributed by atoms with E-state index in [0.717, 1.165) is 17.0 Å². The normalized spacial score (nSPS) is 10.3. The molecule has 2 aromatic rings. The average molecular weight is 291 g/mol. The van der Waals surface area contributed by atoms with Crippen LogP contribution in [0.3, 0.4) is 0 Å². The molecule has 0 saturated carbocycles. The van der Waals surface area contributed by atoms with E-state index in [1.165, 1.54) is 17.8 Å². The highest BCUT2D eigenvalue weighted by molar-refractivity contribution is 7.99. The van der Waals surface area contributed by atoms with Crippen molar-refractivity contribution in [2.75, 3.05) is 0 Å². The average Bonchev–Trinajstić information content (AvgIpc) is 2.35. The van der Waals surface area contributed by atoms with Gasteiger partial charge in [-0.15, -0.1) is 0 Å². The molecule has 0 bridgehead atoms. The summed E-state index contributed by atoms with van der Waals surface area (Å²) in [5.74, 6) is 0. The van der Waals surface area contributed by atoms with Crippen molar-refractivity contribution in [3.8, 4) is 6.07 Å². The van der Waals surface area contributed by atoms with E-state index >= 15 is 0 Å². The molecule has 19 heavy (non-hydrogen) atoms. The number of nitriles is 1. The van der Waals surface area contributed by atoms with E-state index in [9.17, 15) is 0 Å². The maximum Gasteiger partial charge on any atom is 0.194 e. The third-order valence-corrected chi connectivity index (χ3v) is 3.68. The molecule has 2 rings (SSSR count). The molecule has 0 N–H and O–H groups in total. The fourth-order valence-electron chi connectivity index (χ4n) is 1.47. The predicted molar refractivity (Wildman–Crippen MR) is 74.3 cm³/mol. The molecular formula is C13H11ClN4S. The lowest BCUT2D eigenvalue weighted by Crippen LogP contribution is -1.98. The second-order valence-corrected chi connectivity index (χ2v) is 5.41. The molecule has 0 saturated heterocycles. The lowest BCUT2D eigenvalue weighted by Gasteiger charge is -2.06. The SMILES string of the molecule is Cc1nc(Sc2cc(C#N)cc(Cl)n2)nc(C)c1C. The van der Waals surface area contributed by atoms with Crippen molar-refractivity contribution in [1.29, 1.82) is 5.26 Å². The molecule has 0 aliphatic carbocycles. The first-order chi connectivity index (χ1) is 8.99. The highest BCUT2D eigenvalue weighted by Crippen LogP contribution is 2.26. The molecule has 0 aromatic carbocycles. The van der Waals surface area contributed by atoms with Gasteiger partial charge >= 0.3 is 0 Å². The van der Waals surface area contributed by atoms with E-state index in [1.54, 1.807) is 6.07 Å². The number of aromatic nitrogens is 3. The summed E-state index contributed by atoms with van der Waals surface area (Å²) in [6.07, 6.45) is 0. The quantitative estimate of drug-likeness (QED) is 0.626. The topological polar surface area (TPSA) is 62.5 Å². The predicted octanol–water partition coefficient (Wildman–Crippen LogP) is 3.47. The molecule has 0 amide bonds. The van der Waals surface area contributed by atoms with Crippen molar-refractivity contribution in [3.63, 3.8) is 0 Å². The van der Waals surface area contributed by atoms with Gasteiger partial charge in [0.2, 0.25) is 0 Å². The van der Waals surface area contributed by atoms with Gasteiger partial charge in [0.1, 0.15) is 10.2 Å². The van der Waals surface area contributed by atoms with E-state index in [0.29, 0.717) is 20.9 Å². The van der Waals surface area contributed by atoms with Crippen LogP contribution in [0.2, 0.25) is 5.15 Å². The lowest BCUT2D eigenvalue weighted by molar-refractivity contribution is 0.878. The Hall–Kier alpha value is -1.64. The fraction of sp³-hybridized carbons (Fsp3) is 0.231. The van der Waals surface area contributed by atoms with Crippen LogP contribution in [0.25, 0.3) is 0 Å². The smallest absolute Gasteiger partial charge is 0.194 e. The molecule has 0 aliphatic heterocycles. The first kappa shape index (κ1) is 13.8. The largest absolute Gasteiger partial charge is 0.229 e. The van der Waals surface area contributed by atoms with Gasteiger partial charge in [-0.05, 0) is 50.2 Å². The zero-order chi connectivity index (χ0) is 14.0. The van der Waals surface area contributed by atoms with Crippen molar-refractivity contribution >= 4 is 23.4 Å². The number of pyridine rings is 1. The molecule has 0 fully saturated rings. The molecule has 2 aromatic heterocycles. The number of rotatable bonds is 2. The van der Waals surface area contributed by atoms with Crippen LogP contribution < -0.4 is 0 Å². The second-order valence-electron chi connectivity index (χ2n) is 4.03. The molecule has 0 aliphatic rings. The summed E-state index contributed by atoms with van der Waals surface area (Å²) < 4.78 is 0. The highest BCUT2D eigenvalue weighted by atomic mass is 35.5. The maximum atomic E-state index is 8.90. The van der Waals surface area contributed by atoms with Crippen LogP contribution in [0.4, 0.5) is 0 Å².